The molecule has 2 aliphatic rings. The van der Waals surface area contributed by atoms with E-state index in [9.17, 15) is 4.79 Å². The standard InChI is InChI=1S/C11H12N4O/c1-7-5-8(16)10-11(14(7)2)15-4-3-12-9(15)6-13-10/h3-6,12-13H,1-2H3. The summed E-state index contributed by atoms with van der Waals surface area (Å²) in [7, 11) is 1.95. The van der Waals surface area contributed by atoms with Gasteiger partial charge in [0.25, 0.3) is 0 Å². The first-order valence-electron chi connectivity index (χ1n) is 5.08. The van der Waals surface area contributed by atoms with Crippen molar-refractivity contribution in [3.05, 3.63) is 46.4 Å². The normalized spacial score (nSPS) is 16.1. The summed E-state index contributed by atoms with van der Waals surface area (Å²) in [5, 5.41) is 6.13. The third kappa shape index (κ3) is 1.02. The SMILES string of the molecule is Cc1cc(=O)c2c(n1C)N1C=CNC1=CN2. The van der Waals surface area contributed by atoms with Gasteiger partial charge in [0.1, 0.15) is 17.3 Å². The number of nitrogens with zero attached hydrogens (tertiary/aromatic N) is 2. The number of pyridine rings is 1. The first kappa shape index (κ1) is 9.08. The molecule has 0 amide bonds. The van der Waals surface area contributed by atoms with E-state index in [1.807, 2.05) is 35.8 Å². The van der Waals surface area contributed by atoms with Gasteiger partial charge in [-0.05, 0) is 6.92 Å². The van der Waals surface area contributed by atoms with E-state index in [-0.39, 0.29) is 5.43 Å². The fourth-order valence-corrected chi connectivity index (χ4v) is 2.00. The summed E-state index contributed by atoms with van der Waals surface area (Å²) in [5.74, 6) is 1.79. The van der Waals surface area contributed by atoms with Gasteiger partial charge in [0.2, 0.25) is 5.43 Å². The second-order valence-electron chi connectivity index (χ2n) is 3.91. The maximum atomic E-state index is 11.8. The van der Waals surface area contributed by atoms with Crippen LogP contribution in [0.2, 0.25) is 0 Å². The average molecular weight is 216 g/mol. The molecule has 0 saturated carbocycles. The summed E-state index contributed by atoms with van der Waals surface area (Å²) in [6, 6.07) is 1.64. The van der Waals surface area contributed by atoms with Gasteiger partial charge in [-0.1, -0.05) is 0 Å². The van der Waals surface area contributed by atoms with Crippen molar-refractivity contribution in [2.75, 3.05) is 10.2 Å². The summed E-state index contributed by atoms with van der Waals surface area (Å²) >= 11 is 0. The second-order valence-corrected chi connectivity index (χ2v) is 3.91. The smallest absolute Gasteiger partial charge is 0.207 e. The summed E-state index contributed by atoms with van der Waals surface area (Å²) in [6.45, 7) is 1.92. The van der Waals surface area contributed by atoms with Gasteiger partial charge in [0.15, 0.2) is 0 Å². The zero-order valence-electron chi connectivity index (χ0n) is 9.11. The van der Waals surface area contributed by atoms with Crippen molar-refractivity contribution >= 4 is 11.5 Å². The van der Waals surface area contributed by atoms with E-state index in [0.717, 1.165) is 17.3 Å². The van der Waals surface area contributed by atoms with Crippen LogP contribution >= 0.6 is 0 Å². The fourth-order valence-electron chi connectivity index (χ4n) is 2.00. The van der Waals surface area contributed by atoms with Crippen LogP contribution in [0.1, 0.15) is 5.69 Å². The van der Waals surface area contributed by atoms with Crippen molar-refractivity contribution in [1.29, 1.82) is 0 Å². The molecule has 2 N–H and O–H groups in total. The molecule has 0 unspecified atom stereocenters. The fraction of sp³-hybridized carbons (Fsp3) is 0.182. The van der Waals surface area contributed by atoms with Gasteiger partial charge in [0, 0.05) is 37.4 Å². The van der Waals surface area contributed by atoms with Crippen molar-refractivity contribution in [2.24, 2.45) is 7.05 Å². The molecule has 0 atom stereocenters. The van der Waals surface area contributed by atoms with Crippen molar-refractivity contribution < 1.29 is 0 Å². The molecule has 82 valence electrons. The van der Waals surface area contributed by atoms with Gasteiger partial charge < -0.3 is 15.2 Å². The highest BCUT2D eigenvalue weighted by atomic mass is 16.1. The minimum absolute atomic E-state index is 0.0150. The van der Waals surface area contributed by atoms with Crippen LogP contribution in [0.4, 0.5) is 11.5 Å². The number of aryl methyl sites for hydroxylation is 1. The Kier molecular flexibility index (Phi) is 1.65. The van der Waals surface area contributed by atoms with E-state index in [0.29, 0.717) is 5.69 Å². The largest absolute Gasteiger partial charge is 0.352 e. The van der Waals surface area contributed by atoms with Gasteiger partial charge in [-0.3, -0.25) is 9.69 Å². The Morgan fingerprint density at radius 3 is 2.94 bits per heavy atom. The molecule has 1 aromatic heterocycles. The highest BCUT2D eigenvalue weighted by molar-refractivity contribution is 5.75. The minimum Gasteiger partial charge on any atom is -0.352 e. The quantitative estimate of drug-likeness (QED) is 0.673. The second kappa shape index (κ2) is 2.91. The molecular formula is C11H12N4O. The van der Waals surface area contributed by atoms with Crippen LogP contribution in [-0.2, 0) is 7.05 Å². The lowest BCUT2D eigenvalue weighted by Crippen LogP contribution is -2.30. The molecule has 0 radical (unpaired) electrons. The number of rotatable bonds is 0. The predicted molar refractivity (Wildman–Crippen MR) is 62.9 cm³/mol. The maximum Gasteiger partial charge on any atom is 0.207 e. The van der Waals surface area contributed by atoms with Crippen molar-refractivity contribution in [2.45, 2.75) is 6.92 Å². The van der Waals surface area contributed by atoms with Gasteiger partial charge >= 0.3 is 0 Å². The zero-order valence-corrected chi connectivity index (χ0v) is 9.11. The molecule has 3 heterocycles. The summed E-state index contributed by atoms with van der Waals surface area (Å²) in [4.78, 5) is 13.8. The van der Waals surface area contributed by atoms with Crippen LogP contribution in [0.25, 0.3) is 0 Å². The molecule has 5 nitrogen and oxygen atoms in total. The maximum absolute atomic E-state index is 11.8. The number of nitrogens with one attached hydrogen (secondary N) is 2. The number of hydrogen-bond donors (Lipinski definition) is 2. The van der Waals surface area contributed by atoms with Gasteiger partial charge in [-0.2, -0.15) is 0 Å². The van der Waals surface area contributed by atoms with E-state index < -0.39 is 0 Å². The van der Waals surface area contributed by atoms with E-state index in [1.54, 1.807) is 12.3 Å². The Balaban J connectivity index is 2.32. The van der Waals surface area contributed by atoms with Crippen LogP contribution in [0.15, 0.2) is 35.3 Å². The Morgan fingerprint density at radius 2 is 2.12 bits per heavy atom. The topological polar surface area (TPSA) is 49.3 Å². The molecule has 0 bridgehead atoms. The van der Waals surface area contributed by atoms with Crippen LogP contribution in [0, 0.1) is 6.92 Å². The highest BCUT2D eigenvalue weighted by Gasteiger charge is 2.25. The first-order valence-corrected chi connectivity index (χ1v) is 5.08. The molecule has 16 heavy (non-hydrogen) atoms. The lowest BCUT2D eigenvalue weighted by atomic mass is 10.2. The van der Waals surface area contributed by atoms with E-state index >= 15 is 0 Å². The third-order valence-electron chi connectivity index (χ3n) is 2.95. The van der Waals surface area contributed by atoms with Gasteiger partial charge in [-0.25, -0.2) is 0 Å². The zero-order chi connectivity index (χ0) is 11.3. The Morgan fingerprint density at radius 1 is 1.31 bits per heavy atom. The number of fused-ring (bicyclic) bond motifs is 3. The van der Waals surface area contributed by atoms with Gasteiger partial charge in [-0.15, -0.1) is 0 Å². The summed E-state index contributed by atoms with van der Waals surface area (Å²) < 4.78 is 1.99. The monoisotopic (exact) mass is 216 g/mol. The number of anilines is 2. The Hall–Kier alpha value is -2.17. The Bertz CT molecular complexity index is 582. The predicted octanol–water partition coefficient (Wildman–Crippen LogP) is 0.799. The molecule has 1 aromatic rings. The summed E-state index contributed by atoms with van der Waals surface area (Å²) in [5.41, 5.74) is 1.57. The average Bonchev–Trinajstić information content (AvgIpc) is 2.72. The molecule has 3 rings (SSSR count). The molecule has 0 saturated heterocycles. The first-order chi connectivity index (χ1) is 7.68. The van der Waals surface area contributed by atoms with E-state index in [1.165, 1.54) is 0 Å². The molecule has 0 aromatic carbocycles. The number of aromatic nitrogens is 1. The minimum atomic E-state index is 0.0150. The Labute approximate surface area is 92.7 Å². The van der Waals surface area contributed by atoms with Crippen LogP contribution in [0.5, 0.6) is 0 Å². The van der Waals surface area contributed by atoms with Crippen LogP contribution < -0.4 is 21.0 Å². The lowest BCUT2D eigenvalue weighted by molar-refractivity contribution is 0.826. The molecule has 2 aliphatic heterocycles. The van der Waals surface area contributed by atoms with Crippen molar-refractivity contribution in [3.8, 4) is 0 Å². The van der Waals surface area contributed by atoms with E-state index in [4.69, 9.17) is 0 Å². The third-order valence-corrected chi connectivity index (χ3v) is 2.95. The number of hydrogen-bond acceptors (Lipinski definition) is 4. The summed E-state index contributed by atoms with van der Waals surface area (Å²) in [6.07, 6.45) is 5.54. The van der Waals surface area contributed by atoms with Crippen molar-refractivity contribution in [3.63, 3.8) is 0 Å². The van der Waals surface area contributed by atoms with Crippen LogP contribution in [0.3, 0.4) is 0 Å². The van der Waals surface area contributed by atoms with Gasteiger partial charge in [0.05, 0.1) is 0 Å². The lowest BCUT2D eigenvalue weighted by Gasteiger charge is -2.28. The molecular weight excluding hydrogens is 204 g/mol. The highest BCUT2D eigenvalue weighted by Crippen LogP contribution is 2.31. The molecule has 0 fully saturated rings. The molecule has 0 aliphatic carbocycles. The molecule has 0 spiro atoms. The van der Waals surface area contributed by atoms with Crippen molar-refractivity contribution in [1.82, 2.24) is 9.88 Å². The molecule has 5 heteroatoms. The van der Waals surface area contributed by atoms with E-state index in [2.05, 4.69) is 10.6 Å². The van der Waals surface area contributed by atoms with Crippen LogP contribution in [-0.4, -0.2) is 4.57 Å².